The fraction of sp³-hybridized carbons (Fsp3) is 0.700. The van der Waals surface area contributed by atoms with Crippen molar-refractivity contribution in [2.45, 2.75) is 40.2 Å². The van der Waals surface area contributed by atoms with Gasteiger partial charge in [-0.3, -0.25) is 0 Å². The van der Waals surface area contributed by atoms with E-state index >= 15 is 0 Å². The Hall–Kier alpha value is -0.990. The molecule has 0 aliphatic rings. The van der Waals surface area contributed by atoms with Crippen LogP contribution < -0.4 is 5.32 Å². The number of carbonyl (C=O) groups excluding carboxylic acids is 1. The molecule has 0 atom stereocenters. The van der Waals surface area contributed by atoms with E-state index in [9.17, 15) is 4.79 Å². The van der Waals surface area contributed by atoms with Gasteiger partial charge in [0.1, 0.15) is 0 Å². The molecule has 0 spiro atoms. The molecule has 0 radical (unpaired) electrons. The molecule has 76 valence electrons. The zero-order valence-electron chi connectivity index (χ0n) is 9.10. The maximum atomic E-state index is 11.1. The molecule has 0 aromatic carbocycles. The number of hydrogen-bond acceptors (Lipinski definition) is 3. The summed E-state index contributed by atoms with van der Waals surface area (Å²) in [7, 11) is 0. The smallest absolute Gasteiger partial charge is 0.335 e. The summed E-state index contributed by atoms with van der Waals surface area (Å²) in [5.41, 5.74) is 0.574. The van der Waals surface area contributed by atoms with Crippen LogP contribution in [-0.2, 0) is 9.53 Å². The van der Waals surface area contributed by atoms with Crippen molar-refractivity contribution in [3.63, 3.8) is 0 Å². The summed E-state index contributed by atoms with van der Waals surface area (Å²) in [6.07, 6.45) is 1.69. The van der Waals surface area contributed by atoms with Crippen molar-refractivity contribution in [1.29, 1.82) is 0 Å². The van der Waals surface area contributed by atoms with Gasteiger partial charge in [0.25, 0.3) is 0 Å². The standard InChI is InChI=1S/C10H19NO2/c1-6-13-9(12)8(2)7-11-10(3,4)5/h7,11H,6H2,1-5H3. The third kappa shape index (κ3) is 6.20. The van der Waals surface area contributed by atoms with Crippen molar-refractivity contribution in [3.05, 3.63) is 11.8 Å². The molecule has 0 rings (SSSR count). The van der Waals surface area contributed by atoms with Gasteiger partial charge in [0.15, 0.2) is 0 Å². The summed E-state index contributed by atoms with van der Waals surface area (Å²) in [5, 5.41) is 3.10. The van der Waals surface area contributed by atoms with Crippen molar-refractivity contribution < 1.29 is 9.53 Å². The lowest BCUT2D eigenvalue weighted by molar-refractivity contribution is -0.138. The molecule has 0 saturated heterocycles. The highest BCUT2D eigenvalue weighted by Crippen LogP contribution is 2.01. The molecular weight excluding hydrogens is 166 g/mol. The second-order valence-corrected chi connectivity index (χ2v) is 3.94. The van der Waals surface area contributed by atoms with Crippen LogP contribution in [0.1, 0.15) is 34.6 Å². The maximum Gasteiger partial charge on any atom is 0.335 e. The van der Waals surface area contributed by atoms with Gasteiger partial charge >= 0.3 is 5.97 Å². The first-order valence-corrected chi connectivity index (χ1v) is 4.48. The van der Waals surface area contributed by atoms with E-state index in [0.29, 0.717) is 12.2 Å². The summed E-state index contributed by atoms with van der Waals surface area (Å²) in [6.45, 7) is 10.0. The summed E-state index contributed by atoms with van der Waals surface area (Å²) in [6, 6.07) is 0. The maximum absolute atomic E-state index is 11.1. The first-order chi connectivity index (χ1) is 5.87. The normalized spacial score (nSPS) is 12.5. The van der Waals surface area contributed by atoms with Gasteiger partial charge in [-0.15, -0.1) is 0 Å². The SMILES string of the molecule is CCOC(=O)C(C)=CNC(C)(C)C. The van der Waals surface area contributed by atoms with Crippen molar-refractivity contribution in [3.8, 4) is 0 Å². The summed E-state index contributed by atoms with van der Waals surface area (Å²) in [5.74, 6) is -0.265. The Kier molecular flexibility index (Phi) is 4.52. The van der Waals surface area contributed by atoms with Crippen LogP contribution in [0.25, 0.3) is 0 Å². The molecule has 0 saturated carbocycles. The number of carbonyl (C=O) groups is 1. The van der Waals surface area contributed by atoms with E-state index in [1.54, 1.807) is 20.0 Å². The first kappa shape index (κ1) is 12.0. The van der Waals surface area contributed by atoms with E-state index in [1.165, 1.54) is 0 Å². The Morgan fingerprint density at radius 1 is 1.46 bits per heavy atom. The Labute approximate surface area is 80.2 Å². The molecule has 0 unspecified atom stereocenters. The highest BCUT2D eigenvalue weighted by atomic mass is 16.5. The number of nitrogens with one attached hydrogen (secondary N) is 1. The van der Waals surface area contributed by atoms with Crippen LogP contribution in [0.4, 0.5) is 0 Å². The fourth-order valence-electron chi connectivity index (χ4n) is 0.629. The van der Waals surface area contributed by atoms with Crippen LogP contribution in [0.15, 0.2) is 11.8 Å². The number of rotatable bonds is 3. The highest BCUT2D eigenvalue weighted by Gasteiger charge is 2.08. The molecule has 0 aromatic heterocycles. The van der Waals surface area contributed by atoms with Gasteiger partial charge in [0.05, 0.1) is 6.61 Å². The zero-order valence-corrected chi connectivity index (χ0v) is 9.10. The number of hydrogen-bond donors (Lipinski definition) is 1. The van der Waals surface area contributed by atoms with Crippen LogP contribution in [0.5, 0.6) is 0 Å². The van der Waals surface area contributed by atoms with E-state index in [-0.39, 0.29) is 11.5 Å². The monoisotopic (exact) mass is 185 g/mol. The molecule has 0 heterocycles. The van der Waals surface area contributed by atoms with Crippen LogP contribution in [-0.4, -0.2) is 18.1 Å². The van der Waals surface area contributed by atoms with Crippen LogP contribution >= 0.6 is 0 Å². The lowest BCUT2D eigenvalue weighted by atomic mass is 10.1. The fourth-order valence-corrected chi connectivity index (χ4v) is 0.629. The van der Waals surface area contributed by atoms with E-state index in [4.69, 9.17) is 4.74 Å². The predicted octanol–water partition coefficient (Wildman–Crippen LogP) is 1.84. The predicted molar refractivity (Wildman–Crippen MR) is 53.3 cm³/mol. The molecule has 1 N–H and O–H groups in total. The minimum Gasteiger partial charge on any atom is -0.463 e. The lowest BCUT2D eigenvalue weighted by Gasteiger charge is -2.19. The molecule has 0 aliphatic carbocycles. The summed E-state index contributed by atoms with van der Waals surface area (Å²) in [4.78, 5) is 11.1. The van der Waals surface area contributed by atoms with Gasteiger partial charge in [-0.25, -0.2) is 4.79 Å². The van der Waals surface area contributed by atoms with Gasteiger partial charge in [0.2, 0.25) is 0 Å². The molecule has 3 heteroatoms. The van der Waals surface area contributed by atoms with Gasteiger partial charge in [0, 0.05) is 17.3 Å². The van der Waals surface area contributed by atoms with Crippen molar-refractivity contribution >= 4 is 5.97 Å². The minimum atomic E-state index is -0.265. The van der Waals surface area contributed by atoms with E-state index < -0.39 is 0 Å². The highest BCUT2D eigenvalue weighted by molar-refractivity contribution is 5.87. The molecule has 13 heavy (non-hydrogen) atoms. The Bertz CT molecular complexity index is 201. The Morgan fingerprint density at radius 2 is 2.00 bits per heavy atom. The summed E-state index contributed by atoms with van der Waals surface area (Å²) < 4.78 is 4.82. The molecule has 0 amide bonds. The second-order valence-electron chi connectivity index (χ2n) is 3.94. The van der Waals surface area contributed by atoms with Crippen LogP contribution in [0.2, 0.25) is 0 Å². The molecular formula is C10H19NO2. The van der Waals surface area contributed by atoms with E-state index in [0.717, 1.165) is 0 Å². The first-order valence-electron chi connectivity index (χ1n) is 4.48. The second kappa shape index (κ2) is 4.90. The van der Waals surface area contributed by atoms with Crippen LogP contribution in [0.3, 0.4) is 0 Å². The Balaban J connectivity index is 4.09. The average Bonchev–Trinajstić information content (AvgIpc) is 1.99. The number of esters is 1. The summed E-state index contributed by atoms with van der Waals surface area (Å²) >= 11 is 0. The largest absolute Gasteiger partial charge is 0.463 e. The zero-order chi connectivity index (χ0) is 10.5. The molecule has 3 nitrogen and oxygen atoms in total. The third-order valence-corrected chi connectivity index (χ3v) is 1.32. The Morgan fingerprint density at radius 3 is 2.38 bits per heavy atom. The van der Waals surface area contributed by atoms with Gasteiger partial charge < -0.3 is 10.1 Å². The molecule has 0 bridgehead atoms. The van der Waals surface area contributed by atoms with Crippen molar-refractivity contribution in [2.75, 3.05) is 6.61 Å². The quantitative estimate of drug-likeness (QED) is 0.538. The van der Waals surface area contributed by atoms with E-state index in [1.807, 2.05) is 20.8 Å². The average molecular weight is 185 g/mol. The van der Waals surface area contributed by atoms with Crippen LogP contribution in [0, 0.1) is 0 Å². The van der Waals surface area contributed by atoms with Gasteiger partial charge in [-0.05, 0) is 34.6 Å². The molecule has 0 aliphatic heterocycles. The van der Waals surface area contributed by atoms with Gasteiger partial charge in [-0.1, -0.05) is 0 Å². The van der Waals surface area contributed by atoms with Crippen molar-refractivity contribution in [2.24, 2.45) is 0 Å². The molecule has 0 aromatic rings. The molecule has 0 fully saturated rings. The van der Waals surface area contributed by atoms with Gasteiger partial charge in [-0.2, -0.15) is 0 Å². The minimum absolute atomic E-state index is 0.0201. The number of ether oxygens (including phenoxy) is 1. The van der Waals surface area contributed by atoms with E-state index in [2.05, 4.69) is 5.32 Å². The topological polar surface area (TPSA) is 38.3 Å². The third-order valence-electron chi connectivity index (χ3n) is 1.32. The van der Waals surface area contributed by atoms with Crippen molar-refractivity contribution in [1.82, 2.24) is 5.32 Å². The lowest BCUT2D eigenvalue weighted by Crippen LogP contribution is -2.31.